The molecule has 0 saturated heterocycles. The number of anilines is 1. The van der Waals surface area contributed by atoms with Crippen molar-refractivity contribution in [3.8, 4) is 5.75 Å². The molecular weight excluding hydrogens is 276 g/mol. The number of hydrogen-bond donors (Lipinski definition) is 1. The second-order valence-electron chi connectivity index (χ2n) is 5.67. The Morgan fingerprint density at radius 1 is 1.23 bits per heavy atom. The molecule has 0 radical (unpaired) electrons. The molecule has 0 fully saturated rings. The molecule has 0 unspecified atom stereocenters. The fourth-order valence-corrected chi connectivity index (χ4v) is 2.56. The van der Waals surface area contributed by atoms with Crippen LogP contribution in [0, 0.1) is 0 Å². The zero-order valence-electron chi connectivity index (χ0n) is 12.9. The minimum atomic E-state index is -0.0551. The number of nitrogens with zero attached hydrogens (tertiary/aromatic N) is 1. The molecule has 1 heterocycles. The molecule has 4 nitrogen and oxygen atoms in total. The van der Waals surface area contributed by atoms with Gasteiger partial charge in [0, 0.05) is 38.3 Å². The first-order chi connectivity index (χ1) is 10.6. The minimum absolute atomic E-state index is 0.0551. The summed E-state index contributed by atoms with van der Waals surface area (Å²) in [6.45, 7) is 1.28. The Kier molecular flexibility index (Phi) is 4.00. The van der Waals surface area contributed by atoms with Crippen molar-refractivity contribution in [3.05, 3.63) is 59.2 Å². The zero-order chi connectivity index (χ0) is 15.5. The van der Waals surface area contributed by atoms with Crippen LogP contribution in [0.4, 0.5) is 5.69 Å². The first kappa shape index (κ1) is 14.4. The zero-order valence-corrected chi connectivity index (χ0v) is 12.9. The second kappa shape index (κ2) is 6.10. The Hall–Kier alpha value is -2.49. The van der Waals surface area contributed by atoms with Gasteiger partial charge in [-0.05, 0) is 35.4 Å². The summed E-state index contributed by atoms with van der Waals surface area (Å²) in [4.78, 5) is 14.3. The standard InChI is InChI=1S/C18H20N2O2/c1-20(2)16-5-3-4-15(11-16)18(21)19-12-13-6-7-17-14(10-13)8-9-22-17/h3-7,10-11H,8-9,12H2,1-2H3,(H,19,21). The van der Waals surface area contributed by atoms with Crippen molar-refractivity contribution in [2.45, 2.75) is 13.0 Å². The van der Waals surface area contributed by atoms with E-state index in [1.54, 1.807) is 0 Å². The van der Waals surface area contributed by atoms with Crippen molar-refractivity contribution < 1.29 is 9.53 Å². The van der Waals surface area contributed by atoms with Gasteiger partial charge in [-0.25, -0.2) is 0 Å². The first-order valence-electron chi connectivity index (χ1n) is 7.44. The number of fused-ring (bicyclic) bond motifs is 1. The molecule has 1 aliphatic rings. The molecule has 114 valence electrons. The average Bonchev–Trinajstić information content (AvgIpc) is 3.00. The van der Waals surface area contributed by atoms with Gasteiger partial charge in [-0.2, -0.15) is 0 Å². The Labute approximate surface area is 130 Å². The van der Waals surface area contributed by atoms with Crippen LogP contribution in [0.15, 0.2) is 42.5 Å². The molecule has 0 saturated carbocycles. The summed E-state index contributed by atoms with van der Waals surface area (Å²) in [6.07, 6.45) is 0.946. The summed E-state index contributed by atoms with van der Waals surface area (Å²) < 4.78 is 5.49. The van der Waals surface area contributed by atoms with E-state index in [1.165, 1.54) is 5.56 Å². The summed E-state index contributed by atoms with van der Waals surface area (Å²) in [6, 6.07) is 13.7. The molecule has 1 N–H and O–H groups in total. The highest BCUT2D eigenvalue weighted by molar-refractivity contribution is 5.95. The number of nitrogens with one attached hydrogen (secondary N) is 1. The maximum Gasteiger partial charge on any atom is 0.251 e. The van der Waals surface area contributed by atoms with Gasteiger partial charge >= 0.3 is 0 Å². The topological polar surface area (TPSA) is 41.6 Å². The molecule has 1 amide bonds. The lowest BCUT2D eigenvalue weighted by molar-refractivity contribution is 0.0951. The van der Waals surface area contributed by atoms with Crippen molar-refractivity contribution in [2.75, 3.05) is 25.6 Å². The van der Waals surface area contributed by atoms with E-state index in [0.717, 1.165) is 30.0 Å². The third-order valence-electron chi connectivity index (χ3n) is 3.83. The summed E-state index contributed by atoms with van der Waals surface area (Å²) in [5, 5.41) is 2.97. The Morgan fingerprint density at radius 2 is 2.09 bits per heavy atom. The quantitative estimate of drug-likeness (QED) is 0.943. The molecule has 0 aliphatic carbocycles. The van der Waals surface area contributed by atoms with Crippen molar-refractivity contribution in [2.24, 2.45) is 0 Å². The number of amides is 1. The van der Waals surface area contributed by atoms with Crippen molar-refractivity contribution in [3.63, 3.8) is 0 Å². The lowest BCUT2D eigenvalue weighted by Gasteiger charge is -2.13. The average molecular weight is 296 g/mol. The van der Waals surface area contributed by atoms with E-state index < -0.39 is 0 Å². The number of benzene rings is 2. The predicted molar refractivity (Wildman–Crippen MR) is 87.6 cm³/mol. The van der Waals surface area contributed by atoms with Crippen LogP contribution in [-0.2, 0) is 13.0 Å². The van der Waals surface area contributed by atoms with E-state index in [4.69, 9.17) is 4.74 Å². The Bertz CT molecular complexity index is 695. The molecule has 4 heteroatoms. The van der Waals surface area contributed by atoms with Crippen molar-refractivity contribution in [1.29, 1.82) is 0 Å². The van der Waals surface area contributed by atoms with Crippen LogP contribution in [0.2, 0.25) is 0 Å². The summed E-state index contributed by atoms with van der Waals surface area (Å²) in [5.41, 5.74) is 4.01. The number of carbonyl (C=O) groups excluding carboxylic acids is 1. The van der Waals surface area contributed by atoms with Crippen LogP contribution in [0.5, 0.6) is 5.75 Å². The molecule has 3 rings (SSSR count). The highest BCUT2D eigenvalue weighted by Gasteiger charge is 2.12. The largest absolute Gasteiger partial charge is 0.493 e. The van der Waals surface area contributed by atoms with Crippen LogP contribution in [0.3, 0.4) is 0 Å². The van der Waals surface area contributed by atoms with Crippen LogP contribution in [0.1, 0.15) is 21.5 Å². The molecule has 0 spiro atoms. The maximum atomic E-state index is 12.3. The van der Waals surface area contributed by atoms with Crippen LogP contribution in [0.25, 0.3) is 0 Å². The predicted octanol–water partition coefficient (Wildman–Crippen LogP) is 2.62. The molecule has 22 heavy (non-hydrogen) atoms. The van der Waals surface area contributed by atoms with E-state index in [9.17, 15) is 4.79 Å². The third-order valence-corrected chi connectivity index (χ3v) is 3.83. The van der Waals surface area contributed by atoms with Gasteiger partial charge in [0.1, 0.15) is 5.75 Å². The van der Waals surface area contributed by atoms with Gasteiger partial charge < -0.3 is 15.0 Å². The lowest BCUT2D eigenvalue weighted by atomic mass is 10.1. The van der Waals surface area contributed by atoms with Crippen LogP contribution in [-0.4, -0.2) is 26.6 Å². The van der Waals surface area contributed by atoms with E-state index in [1.807, 2.05) is 55.4 Å². The van der Waals surface area contributed by atoms with Gasteiger partial charge in [0.2, 0.25) is 0 Å². The van der Waals surface area contributed by atoms with Crippen LogP contribution >= 0.6 is 0 Å². The van der Waals surface area contributed by atoms with Gasteiger partial charge in [0.15, 0.2) is 0 Å². The van der Waals surface area contributed by atoms with Gasteiger partial charge in [-0.1, -0.05) is 18.2 Å². The van der Waals surface area contributed by atoms with Gasteiger partial charge in [0.25, 0.3) is 5.91 Å². The molecule has 0 bridgehead atoms. The fourth-order valence-electron chi connectivity index (χ4n) is 2.56. The molecule has 0 atom stereocenters. The SMILES string of the molecule is CN(C)c1cccc(C(=O)NCc2ccc3c(c2)CCO3)c1. The molecule has 1 aliphatic heterocycles. The highest BCUT2D eigenvalue weighted by atomic mass is 16.5. The maximum absolute atomic E-state index is 12.3. The highest BCUT2D eigenvalue weighted by Crippen LogP contribution is 2.25. The van der Waals surface area contributed by atoms with E-state index in [-0.39, 0.29) is 5.91 Å². The number of ether oxygens (including phenoxy) is 1. The lowest BCUT2D eigenvalue weighted by Crippen LogP contribution is -2.23. The van der Waals surface area contributed by atoms with Gasteiger partial charge in [-0.3, -0.25) is 4.79 Å². The summed E-state index contributed by atoms with van der Waals surface area (Å²) in [5.74, 6) is 0.911. The summed E-state index contributed by atoms with van der Waals surface area (Å²) >= 11 is 0. The van der Waals surface area contributed by atoms with Gasteiger partial charge in [-0.15, -0.1) is 0 Å². The molecular formula is C18H20N2O2. The van der Waals surface area contributed by atoms with E-state index >= 15 is 0 Å². The van der Waals surface area contributed by atoms with E-state index in [0.29, 0.717) is 12.1 Å². The number of rotatable bonds is 4. The summed E-state index contributed by atoms with van der Waals surface area (Å²) in [7, 11) is 3.92. The Balaban J connectivity index is 1.66. The van der Waals surface area contributed by atoms with Crippen LogP contribution < -0.4 is 15.0 Å². The number of hydrogen-bond acceptors (Lipinski definition) is 3. The molecule has 2 aromatic rings. The van der Waals surface area contributed by atoms with E-state index in [2.05, 4.69) is 11.4 Å². The smallest absolute Gasteiger partial charge is 0.251 e. The minimum Gasteiger partial charge on any atom is -0.493 e. The number of carbonyl (C=O) groups is 1. The molecule has 2 aromatic carbocycles. The normalized spacial score (nSPS) is 12.5. The van der Waals surface area contributed by atoms with Crippen molar-refractivity contribution in [1.82, 2.24) is 5.32 Å². The Morgan fingerprint density at radius 3 is 2.91 bits per heavy atom. The monoisotopic (exact) mass is 296 g/mol. The third kappa shape index (κ3) is 3.06. The van der Waals surface area contributed by atoms with Gasteiger partial charge in [0.05, 0.1) is 6.61 Å². The first-order valence-corrected chi connectivity index (χ1v) is 7.44. The fraction of sp³-hybridized carbons (Fsp3) is 0.278. The second-order valence-corrected chi connectivity index (χ2v) is 5.67. The van der Waals surface area contributed by atoms with Crippen molar-refractivity contribution >= 4 is 11.6 Å². The molecule has 0 aromatic heterocycles.